The number of hydrogen-bond acceptors (Lipinski definition) is 4. The summed E-state index contributed by atoms with van der Waals surface area (Å²) >= 11 is 0. The second-order valence-corrected chi connectivity index (χ2v) is 4.72. The standard InChI is InChI=1S/C13H31N3O/c1-7-10-13(16(5)6,12(4)17-9-3)15-14-11-8-2/h12,14-15H,7-11H2,1-6H3. The van der Waals surface area contributed by atoms with Crippen molar-refractivity contribution in [3.8, 4) is 0 Å². The van der Waals surface area contributed by atoms with Crippen molar-refractivity contribution in [2.75, 3.05) is 27.2 Å². The van der Waals surface area contributed by atoms with Gasteiger partial charge < -0.3 is 4.74 Å². The van der Waals surface area contributed by atoms with E-state index in [0.29, 0.717) is 0 Å². The minimum Gasteiger partial charge on any atom is -0.375 e. The molecule has 0 aromatic rings. The van der Waals surface area contributed by atoms with Crippen molar-refractivity contribution in [3.63, 3.8) is 0 Å². The molecular weight excluding hydrogens is 214 g/mol. The van der Waals surface area contributed by atoms with Crippen LogP contribution in [0.4, 0.5) is 0 Å². The molecule has 0 aliphatic rings. The number of rotatable bonds is 10. The SMILES string of the molecule is CCCNNC(CCC)(C(C)OCC)N(C)C. The third kappa shape index (κ3) is 4.92. The van der Waals surface area contributed by atoms with Gasteiger partial charge in [0.05, 0.1) is 6.10 Å². The molecule has 0 radical (unpaired) electrons. The zero-order valence-electron chi connectivity index (χ0n) is 12.5. The van der Waals surface area contributed by atoms with Crippen LogP contribution >= 0.6 is 0 Å². The molecule has 0 aromatic heterocycles. The molecule has 0 saturated heterocycles. The summed E-state index contributed by atoms with van der Waals surface area (Å²) < 4.78 is 5.81. The van der Waals surface area contributed by atoms with Crippen molar-refractivity contribution in [2.45, 2.75) is 58.7 Å². The minimum atomic E-state index is -0.139. The van der Waals surface area contributed by atoms with E-state index < -0.39 is 0 Å². The van der Waals surface area contributed by atoms with Crippen LogP contribution in [0.25, 0.3) is 0 Å². The molecule has 2 atom stereocenters. The Morgan fingerprint density at radius 3 is 2.24 bits per heavy atom. The van der Waals surface area contributed by atoms with Gasteiger partial charge in [-0.1, -0.05) is 20.3 Å². The molecule has 4 heteroatoms. The van der Waals surface area contributed by atoms with E-state index in [-0.39, 0.29) is 11.8 Å². The van der Waals surface area contributed by atoms with Crippen molar-refractivity contribution in [3.05, 3.63) is 0 Å². The summed E-state index contributed by atoms with van der Waals surface area (Å²) in [5.74, 6) is 0. The maximum absolute atomic E-state index is 5.81. The van der Waals surface area contributed by atoms with Crippen molar-refractivity contribution in [1.82, 2.24) is 15.8 Å². The van der Waals surface area contributed by atoms with Crippen LogP contribution in [0.5, 0.6) is 0 Å². The second kappa shape index (κ2) is 8.86. The lowest BCUT2D eigenvalue weighted by atomic mass is 9.97. The fourth-order valence-corrected chi connectivity index (χ4v) is 2.18. The zero-order valence-corrected chi connectivity index (χ0v) is 12.5. The first-order valence-corrected chi connectivity index (χ1v) is 6.84. The van der Waals surface area contributed by atoms with E-state index >= 15 is 0 Å². The zero-order chi connectivity index (χ0) is 13.3. The van der Waals surface area contributed by atoms with E-state index in [0.717, 1.165) is 32.4 Å². The van der Waals surface area contributed by atoms with E-state index in [1.165, 1.54) is 0 Å². The van der Waals surface area contributed by atoms with Gasteiger partial charge in [0.1, 0.15) is 5.66 Å². The predicted octanol–water partition coefficient (Wildman–Crippen LogP) is 1.97. The molecule has 104 valence electrons. The Morgan fingerprint density at radius 1 is 1.18 bits per heavy atom. The van der Waals surface area contributed by atoms with Gasteiger partial charge in [-0.15, -0.1) is 0 Å². The Morgan fingerprint density at radius 2 is 1.82 bits per heavy atom. The molecule has 17 heavy (non-hydrogen) atoms. The van der Waals surface area contributed by atoms with Crippen molar-refractivity contribution in [1.29, 1.82) is 0 Å². The topological polar surface area (TPSA) is 36.5 Å². The van der Waals surface area contributed by atoms with Gasteiger partial charge in [-0.2, -0.15) is 0 Å². The number of hydrazine groups is 1. The number of nitrogens with one attached hydrogen (secondary N) is 2. The van der Waals surface area contributed by atoms with Crippen molar-refractivity contribution < 1.29 is 4.74 Å². The molecule has 4 nitrogen and oxygen atoms in total. The van der Waals surface area contributed by atoms with E-state index in [4.69, 9.17) is 4.74 Å². The van der Waals surface area contributed by atoms with Crippen LogP contribution in [0.1, 0.15) is 47.0 Å². The third-order valence-corrected chi connectivity index (χ3v) is 3.20. The number of nitrogens with zero attached hydrogens (tertiary/aromatic N) is 1. The lowest BCUT2D eigenvalue weighted by molar-refractivity contribution is -0.0745. The van der Waals surface area contributed by atoms with E-state index in [1.807, 2.05) is 6.92 Å². The average Bonchev–Trinajstić information content (AvgIpc) is 2.28. The monoisotopic (exact) mass is 245 g/mol. The second-order valence-electron chi connectivity index (χ2n) is 4.72. The molecule has 0 fully saturated rings. The number of likely N-dealkylation sites (N-methyl/N-ethyl adjacent to an activating group) is 1. The largest absolute Gasteiger partial charge is 0.375 e. The van der Waals surface area contributed by atoms with Gasteiger partial charge in [0.2, 0.25) is 0 Å². The minimum absolute atomic E-state index is 0.139. The van der Waals surface area contributed by atoms with Gasteiger partial charge in [0, 0.05) is 13.2 Å². The average molecular weight is 245 g/mol. The molecule has 2 N–H and O–H groups in total. The Hall–Kier alpha value is -0.160. The van der Waals surface area contributed by atoms with Gasteiger partial charge in [-0.25, -0.2) is 5.43 Å². The van der Waals surface area contributed by atoms with E-state index in [9.17, 15) is 0 Å². The summed E-state index contributed by atoms with van der Waals surface area (Å²) in [6.07, 6.45) is 3.44. The summed E-state index contributed by atoms with van der Waals surface area (Å²) in [5, 5.41) is 0. The maximum Gasteiger partial charge on any atom is 0.110 e. The van der Waals surface area contributed by atoms with E-state index in [2.05, 4.69) is 50.6 Å². The third-order valence-electron chi connectivity index (χ3n) is 3.20. The number of ether oxygens (including phenoxy) is 1. The van der Waals surface area contributed by atoms with Gasteiger partial charge >= 0.3 is 0 Å². The molecule has 0 amide bonds. The number of hydrogen-bond donors (Lipinski definition) is 2. The fraction of sp³-hybridized carbons (Fsp3) is 1.00. The highest BCUT2D eigenvalue weighted by molar-refractivity contribution is 4.89. The molecule has 0 saturated carbocycles. The molecule has 0 aliphatic heterocycles. The van der Waals surface area contributed by atoms with Crippen molar-refractivity contribution in [2.24, 2.45) is 0 Å². The molecule has 0 spiro atoms. The highest BCUT2D eigenvalue weighted by Gasteiger charge is 2.38. The lowest BCUT2D eigenvalue weighted by Gasteiger charge is -2.45. The van der Waals surface area contributed by atoms with Crippen LogP contribution in [0.2, 0.25) is 0 Å². The predicted molar refractivity (Wildman–Crippen MR) is 73.8 cm³/mol. The van der Waals surface area contributed by atoms with Gasteiger partial charge in [-0.05, 0) is 40.8 Å². The smallest absolute Gasteiger partial charge is 0.110 e. The van der Waals surface area contributed by atoms with Crippen LogP contribution in [-0.4, -0.2) is 43.9 Å². The van der Waals surface area contributed by atoms with Crippen LogP contribution in [-0.2, 0) is 4.74 Å². The summed E-state index contributed by atoms with van der Waals surface area (Å²) in [6.45, 7) is 10.3. The maximum atomic E-state index is 5.81. The Kier molecular flexibility index (Phi) is 8.78. The highest BCUT2D eigenvalue weighted by atomic mass is 16.5. The first-order valence-electron chi connectivity index (χ1n) is 6.84. The summed E-state index contributed by atoms with van der Waals surface area (Å²) in [4.78, 5) is 2.22. The summed E-state index contributed by atoms with van der Waals surface area (Å²) in [6, 6.07) is 0. The molecule has 0 bridgehead atoms. The summed E-state index contributed by atoms with van der Waals surface area (Å²) in [7, 11) is 4.21. The van der Waals surface area contributed by atoms with Crippen molar-refractivity contribution >= 4 is 0 Å². The lowest BCUT2D eigenvalue weighted by Crippen LogP contribution is -2.67. The quantitative estimate of drug-likeness (QED) is 0.350. The molecule has 0 aliphatic carbocycles. The molecule has 0 heterocycles. The normalized spacial score (nSPS) is 17.1. The molecule has 0 rings (SSSR count). The Bertz CT molecular complexity index is 188. The Labute approximate surface area is 107 Å². The molecule has 2 unspecified atom stereocenters. The first kappa shape index (κ1) is 16.8. The van der Waals surface area contributed by atoms with Crippen LogP contribution < -0.4 is 10.9 Å². The Balaban J connectivity index is 4.71. The van der Waals surface area contributed by atoms with Crippen LogP contribution in [0.3, 0.4) is 0 Å². The van der Waals surface area contributed by atoms with E-state index in [1.54, 1.807) is 0 Å². The molecular formula is C13H31N3O. The van der Waals surface area contributed by atoms with Gasteiger partial charge in [0.25, 0.3) is 0 Å². The van der Waals surface area contributed by atoms with Gasteiger partial charge in [-0.3, -0.25) is 10.3 Å². The van der Waals surface area contributed by atoms with Gasteiger partial charge in [0.15, 0.2) is 0 Å². The summed E-state index contributed by atoms with van der Waals surface area (Å²) in [5.41, 5.74) is 6.64. The highest BCUT2D eigenvalue weighted by Crippen LogP contribution is 2.22. The fourth-order valence-electron chi connectivity index (χ4n) is 2.18. The molecule has 0 aromatic carbocycles. The van der Waals surface area contributed by atoms with Crippen LogP contribution in [0.15, 0.2) is 0 Å². The first-order chi connectivity index (χ1) is 8.05. The van der Waals surface area contributed by atoms with Crippen LogP contribution in [0, 0.1) is 0 Å².